The van der Waals surface area contributed by atoms with Crippen molar-refractivity contribution in [2.24, 2.45) is 0 Å². The number of aromatic nitrogens is 2. The Labute approximate surface area is 205 Å². The van der Waals surface area contributed by atoms with Crippen LogP contribution in [0.4, 0.5) is 10.1 Å². The smallest absolute Gasteiger partial charge is 0.399 e. The first-order chi connectivity index (χ1) is 16.4. The van der Waals surface area contributed by atoms with Gasteiger partial charge in [-0.3, -0.25) is 0 Å². The Morgan fingerprint density at radius 3 is 2.23 bits per heavy atom. The van der Waals surface area contributed by atoms with Crippen LogP contribution in [-0.4, -0.2) is 62.0 Å². The zero-order valence-electron chi connectivity index (χ0n) is 20.5. The van der Waals surface area contributed by atoms with E-state index in [1.807, 2.05) is 39.5 Å². The van der Waals surface area contributed by atoms with E-state index in [1.165, 1.54) is 24.5 Å². The summed E-state index contributed by atoms with van der Waals surface area (Å²) in [6.07, 6.45) is 2.76. The van der Waals surface area contributed by atoms with Gasteiger partial charge in [0.1, 0.15) is 0 Å². The molecule has 0 radical (unpaired) electrons. The predicted octanol–water partition coefficient (Wildman–Crippen LogP) is 2.86. The van der Waals surface area contributed by atoms with E-state index in [2.05, 4.69) is 4.98 Å². The van der Waals surface area contributed by atoms with Crippen LogP contribution in [0.2, 0.25) is 0 Å². The fraction of sp³-hybridized carbons (Fsp3) is 0.458. The molecule has 2 saturated heterocycles. The molecular weight excluding hydrogens is 472 g/mol. The molecular formula is C24H29BFN3O5S. The highest BCUT2D eigenvalue weighted by Crippen LogP contribution is 2.38. The molecule has 0 atom stereocenters. The number of halogens is 1. The third-order valence-corrected chi connectivity index (χ3v) is 8.83. The summed E-state index contributed by atoms with van der Waals surface area (Å²) in [7, 11) is -5.02. The van der Waals surface area contributed by atoms with E-state index in [-0.39, 0.29) is 21.4 Å². The summed E-state index contributed by atoms with van der Waals surface area (Å²) in [5.74, 6) is -0.556. The van der Waals surface area contributed by atoms with Gasteiger partial charge in [0, 0.05) is 24.7 Å². The van der Waals surface area contributed by atoms with Crippen molar-refractivity contribution in [2.75, 3.05) is 31.2 Å². The summed E-state index contributed by atoms with van der Waals surface area (Å²) in [4.78, 5) is 6.38. The average Bonchev–Trinajstić information content (AvgIpc) is 3.30. The average molecular weight is 501 g/mol. The van der Waals surface area contributed by atoms with E-state index in [0.29, 0.717) is 32.0 Å². The van der Waals surface area contributed by atoms with Crippen molar-refractivity contribution in [3.8, 4) is 0 Å². The molecule has 11 heteroatoms. The lowest BCUT2D eigenvalue weighted by atomic mass is 9.79. The van der Waals surface area contributed by atoms with E-state index in [9.17, 15) is 8.42 Å². The number of anilines is 1. The zero-order valence-corrected chi connectivity index (χ0v) is 21.4. The quantitative estimate of drug-likeness (QED) is 0.509. The van der Waals surface area contributed by atoms with Crippen LogP contribution in [-0.2, 0) is 24.1 Å². The van der Waals surface area contributed by atoms with Gasteiger partial charge < -0.3 is 18.9 Å². The standard InChI is InChI=1S/C24H29BFN3O5S/c1-16-6-8-17(9-7-16)35(30,31)29-15-18(25-33-23(2,3)24(4,5)34-25)20-21(26)19(14-27-22(20)29)28-10-12-32-13-11-28/h6-9,14-15H,10-13H2,1-5H3. The topological polar surface area (TPSA) is 82.9 Å². The van der Waals surface area contributed by atoms with Gasteiger partial charge in [0.05, 0.1) is 46.6 Å². The van der Waals surface area contributed by atoms with Crippen molar-refractivity contribution in [1.29, 1.82) is 0 Å². The molecule has 2 fully saturated rings. The van der Waals surface area contributed by atoms with Gasteiger partial charge in [-0.2, -0.15) is 0 Å². The van der Waals surface area contributed by atoms with Gasteiger partial charge in [-0.1, -0.05) is 17.7 Å². The van der Waals surface area contributed by atoms with Crippen LogP contribution < -0.4 is 10.4 Å². The maximum absolute atomic E-state index is 16.2. The van der Waals surface area contributed by atoms with Crippen LogP contribution >= 0.6 is 0 Å². The van der Waals surface area contributed by atoms with E-state index in [4.69, 9.17) is 14.0 Å². The summed E-state index contributed by atoms with van der Waals surface area (Å²) in [6.45, 7) is 11.4. The second-order valence-electron chi connectivity index (χ2n) is 10.0. The summed E-state index contributed by atoms with van der Waals surface area (Å²) >= 11 is 0. The molecule has 1 aromatic carbocycles. The Hall–Kier alpha value is -2.47. The molecule has 2 aliphatic rings. The van der Waals surface area contributed by atoms with Crippen molar-refractivity contribution in [1.82, 2.24) is 8.96 Å². The normalized spacial score (nSPS) is 20.1. The fourth-order valence-corrected chi connectivity index (χ4v) is 5.65. The number of hydrogen-bond acceptors (Lipinski definition) is 7. The van der Waals surface area contributed by atoms with Crippen LogP contribution in [0, 0.1) is 12.7 Å². The second-order valence-corrected chi connectivity index (χ2v) is 11.9. The molecule has 5 rings (SSSR count). The molecule has 2 aliphatic heterocycles. The molecule has 35 heavy (non-hydrogen) atoms. The number of benzene rings is 1. The number of fused-ring (bicyclic) bond motifs is 1. The number of pyridine rings is 1. The van der Waals surface area contributed by atoms with Crippen molar-refractivity contribution < 1.29 is 26.9 Å². The lowest BCUT2D eigenvalue weighted by molar-refractivity contribution is 0.00578. The Morgan fingerprint density at radius 1 is 1.03 bits per heavy atom. The van der Waals surface area contributed by atoms with Crippen LogP contribution in [0.3, 0.4) is 0 Å². The van der Waals surface area contributed by atoms with E-state index >= 15 is 4.39 Å². The first-order valence-electron chi connectivity index (χ1n) is 11.6. The van der Waals surface area contributed by atoms with Crippen molar-refractivity contribution in [3.05, 3.63) is 48.0 Å². The predicted molar refractivity (Wildman–Crippen MR) is 132 cm³/mol. The number of morpholine rings is 1. The van der Waals surface area contributed by atoms with Crippen molar-refractivity contribution in [2.45, 2.75) is 50.7 Å². The van der Waals surface area contributed by atoms with E-state index < -0.39 is 34.2 Å². The highest BCUT2D eigenvalue weighted by Gasteiger charge is 2.53. The Balaban J connectivity index is 1.72. The largest absolute Gasteiger partial charge is 0.497 e. The molecule has 0 spiro atoms. The third kappa shape index (κ3) is 3.94. The lowest BCUT2D eigenvalue weighted by Gasteiger charge is -2.32. The van der Waals surface area contributed by atoms with Crippen molar-refractivity contribution >= 4 is 39.3 Å². The third-order valence-electron chi connectivity index (χ3n) is 7.17. The maximum Gasteiger partial charge on any atom is 0.497 e. The SMILES string of the molecule is Cc1ccc(S(=O)(=O)n2cc(B3OC(C)(C)C(C)(C)O3)c3c(F)c(N4CCOCC4)cnc32)cc1. The molecule has 0 aliphatic carbocycles. The van der Waals surface area contributed by atoms with Crippen LogP contribution in [0.25, 0.3) is 11.0 Å². The monoisotopic (exact) mass is 501 g/mol. The van der Waals surface area contributed by atoms with Crippen molar-refractivity contribution in [3.63, 3.8) is 0 Å². The summed E-state index contributed by atoms with van der Waals surface area (Å²) in [5, 5.41) is 0.0724. The second kappa shape index (κ2) is 8.30. The Bertz CT molecular complexity index is 1370. The van der Waals surface area contributed by atoms with Crippen LogP contribution in [0.5, 0.6) is 0 Å². The number of aryl methyl sites for hydroxylation is 1. The summed E-state index contributed by atoms with van der Waals surface area (Å²) in [5.41, 5.74) is 0.128. The van der Waals surface area contributed by atoms with E-state index in [1.54, 1.807) is 12.1 Å². The molecule has 4 heterocycles. The molecule has 0 unspecified atom stereocenters. The number of rotatable bonds is 4. The molecule has 0 N–H and O–H groups in total. The van der Waals surface area contributed by atoms with Gasteiger partial charge in [0.25, 0.3) is 10.0 Å². The number of nitrogens with zero attached hydrogens (tertiary/aromatic N) is 3. The maximum atomic E-state index is 16.2. The minimum atomic E-state index is -4.06. The highest BCUT2D eigenvalue weighted by molar-refractivity contribution is 7.90. The minimum absolute atomic E-state index is 0.00945. The molecule has 8 nitrogen and oxygen atoms in total. The van der Waals surface area contributed by atoms with Gasteiger partial charge >= 0.3 is 7.12 Å². The van der Waals surface area contributed by atoms with Gasteiger partial charge in [-0.15, -0.1) is 0 Å². The fourth-order valence-electron chi connectivity index (χ4n) is 4.33. The molecule has 0 bridgehead atoms. The van der Waals surface area contributed by atoms with E-state index in [0.717, 1.165) is 9.54 Å². The van der Waals surface area contributed by atoms with Gasteiger partial charge in [-0.25, -0.2) is 21.8 Å². The zero-order chi connectivity index (χ0) is 25.2. The van der Waals surface area contributed by atoms with Gasteiger partial charge in [0.2, 0.25) is 0 Å². The van der Waals surface area contributed by atoms with Gasteiger partial charge in [0.15, 0.2) is 11.5 Å². The molecule has 186 valence electrons. The summed E-state index contributed by atoms with van der Waals surface area (Å²) in [6, 6.07) is 6.50. The Kier molecular flexibility index (Phi) is 5.75. The lowest BCUT2D eigenvalue weighted by Crippen LogP contribution is -2.41. The highest BCUT2D eigenvalue weighted by atomic mass is 32.2. The molecule has 3 aromatic rings. The number of ether oxygens (including phenoxy) is 1. The molecule has 0 saturated carbocycles. The van der Waals surface area contributed by atoms with Crippen LogP contribution in [0.1, 0.15) is 33.3 Å². The number of hydrogen-bond donors (Lipinski definition) is 0. The Morgan fingerprint density at radius 2 is 1.63 bits per heavy atom. The first-order valence-corrected chi connectivity index (χ1v) is 13.1. The molecule has 0 amide bonds. The first kappa shape index (κ1) is 24.2. The van der Waals surface area contributed by atoms with Crippen LogP contribution in [0.15, 0.2) is 41.6 Å². The molecule has 2 aromatic heterocycles. The summed E-state index contributed by atoms with van der Waals surface area (Å²) < 4.78 is 62.2. The minimum Gasteiger partial charge on any atom is -0.399 e. The van der Waals surface area contributed by atoms with Gasteiger partial charge in [-0.05, 0) is 46.8 Å².